The van der Waals surface area contributed by atoms with Gasteiger partial charge in [0.2, 0.25) is 22.7 Å². The van der Waals surface area contributed by atoms with Crippen LogP contribution in [0.15, 0.2) is 47.4 Å². The Bertz CT molecular complexity index is 999. The lowest BCUT2D eigenvalue weighted by Crippen LogP contribution is -2.47. The lowest BCUT2D eigenvalue weighted by molar-refractivity contribution is -0.123. The molecule has 7 nitrogen and oxygen atoms in total. The zero-order valence-corrected chi connectivity index (χ0v) is 18.9. The molecule has 3 rings (SSSR count). The summed E-state index contributed by atoms with van der Waals surface area (Å²) in [5, 5.41) is 3.32. The summed E-state index contributed by atoms with van der Waals surface area (Å²) in [4.78, 5) is 13.0. The van der Waals surface area contributed by atoms with E-state index in [0.717, 1.165) is 5.56 Å². The van der Waals surface area contributed by atoms with E-state index in [1.807, 2.05) is 25.3 Å². The molecule has 0 bridgehead atoms. The van der Waals surface area contributed by atoms with E-state index in [1.165, 1.54) is 36.0 Å². The SMILES string of the molecule is CSCC[C@H](NS(=O)(=O)c1ccc(Cl)cc1)C(=O)N[C@H](C)c1ccc2c(c1)OCO2. The van der Waals surface area contributed by atoms with Gasteiger partial charge in [-0.05, 0) is 67.3 Å². The fourth-order valence-corrected chi connectivity index (χ4v) is 4.76. The van der Waals surface area contributed by atoms with Gasteiger partial charge in [-0.3, -0.25) is 4.79 Å². The Morgan fingerprint density at radius 3 is 2.57 bits per heavy atom. The maximum atomic E-state index is 12.9. The summed E-state index contributed by atoms with van der Waals surface area (Å²) in [6.45, 7) is 2.00. The average Bonchev–Trinajstić information content (AvgIpc) is 3.19. The largest absolute Gasteiger partial charge is 0.454 e. The third kappa shape index (κ3) is 5.60. The van der Waals surface area contributed by atoms with Gasteiger partial charge in [0.25, 0.3) is 0 Å². The van der Waals surface area contributed by atoms with Crippen LogP contribution in [-0.2, 0) is 14.8 Å². The third-order valence-corrected chi connectivity index (χ3v) is 6.99. The molecule has 0 saturated carbocycles. The number of ether oxygens (including phenoxy) is 2. The molecule has 0 spiro atoms. The summed E-state index contributed by atoms with van der Waals surface area (Å²) < 4.78 is 38.7. The standard InChI is InChI=1S/C20H23ClN2O5S2/c1-13(14-3-8-18-19(11-14)28-12-27-18)22-20(24)17(9-10-29-2)23-30(25,26)16-6-4-15(21)5-7-16/h3-8,11,13,17,23H,9-10,12H2,1-2H3,(H,22,24)/t13-,17+/m1/s1. The van der Waals surface area contributed by atoms with Crippen molar-refractivity contribution in [3.05, 3.63) is 53.1 Å². The molecule has 0 radical (unpaired) electrons. The van der Waals surface area contributed by atoms with Gasteiger partial charge >= 0.3 is 0 Å². The van der Waals surface area contributed by atoms with E-state index in [4.69, 9.17) is 21.1 Å². The van der Waals surface area contributed by atoms with Gasteiger partial charge in [-0.15, -0.1) is 0 Å². The van der Waals surface area contributed by atoms with Gasteiger partial charge in [-0.25, -0.2) is 8.42 Å². The molecule has 0 aliphatic carbocycles. The minimum Gasteiger partial charge on any atom is -0.454 e. The Kier molecular flexibility index (Phi) is 7.51. The number of halogens is 1. The molecular formula is C20H23ClN2O5S2. The maximum absolute atomic E-state index is 12.9. The first-order valence-electron chi connectivity index (χ1n) is 9.27. The van der Waals surface area contributed by atoms with E-state index >= 15 is 0 Å². The number of amides is 1. The van der Waals surface area contributed by atoms with Crippen molar-refractivity contribution in [3.8, 4) is 11.5 Å². The van der Waals surface area contributed by atoms with Crippen LogP contribution in [0.4, 0.5) is 0 Å². The molecule has 30 heavy (non-hydrogen) atoms. The van der Waals surface area contributed by atoms with Crippen molar-refractivity contribution < 1.29 is 22.7 Å². The van der Waals surface area contributed by atoms with Crippen molar-refractivity contribution in [1.82, 2.24) is 10.0 Å². The molecule has 2 aromatic carbocycles. The fraction of sp³-hybridized carbons (Fsp3) is 0.350. The second-order valence-electron chi connectivity index (χ2n) is 6.75. The van der Waals surface area contributed by atoms with Crippen LogP contribution in [0.25, 0.3) is 0 Å². The van der Waals surface area contributed by atoms with Crippen molar-refractivity contribution in [1.29, 1.82) is 0 Å². The average molecular weight is 471 g/mol. The van der Waals surface area contributed by atoms with Crippen LogP contribution in [0.5, 0.6) is 11.5 Å². The van der Waals surface area contributed by atoms with Crippen molar-refractivity contribution in [3.63, 3.8) is 0 Å². The predicted molar refractivity (Wildman–Crippen MR) is 118 cm³/mol. The van der Waals surface area contributed by atoms with Gasteiger partial charge < -0.3 is 14.8 Å². The number of benzene rings is 2. The maximum Gasteiger partial charge on any atom is 0.241 e. The Balaban J connectivity index is 1.72. The summed E-state index contributed by atoms with van der Waals surface area (Å²) in [7, 11) is -3.88. The molecule has 2 aromatic rings. The highest BCUT2D eigenvalue weighted by molar-refractivity contribution is 7.98. The first-order valence-corrected chi connectivity index (χ1v) is 12.5. The van der Waals surface area contributed by atoms with Crippen LogP contribution in [-0.4, -0.2) is 39.2 Å². The monoisotopic (exact) mass is 470 g/mol. The number of fused-ring (bicyclic) bond motifs is 1. The molecule has 10 heteroatoms. The highest BCUT2D eigenvalue weighted by Gasteiger charge is 2.27. The van der Waals surface area contributed by atoms with Crippen LogP contribution >= 0.6 is 23.4 Å². The summed E-state index contributed by atoms with van der Waals surface area (Å²) in [6, 6.07) is 9.99. The normalized spacial score (nSPS) is 14.9. The number of sulfonamides is 1. The minimum absolute atomic E-state index is 0.0534. The van der Waals surface area contributed by atoms with Gasteiger partial charge in [-0.2, -0.15) is 16.5 Å². The topological polar surface area (TPSA) is 93.7 Å². The Hall–Kier alpha value is -1.94. The molecule has 1 aliphatic rings. The van der Waals surface area contributed by atoms with E-state index in [9.17, 15) is 13.2 Å². The summed E-state index contributed by atoms with van der Waals surface area (Å²) in [5.41, 5.74) is 0.830. The van der Waals surface area contributed by atoms with Gasteiger partial charge in [0.05, 0.1) is 10.9 Å². The zero-order chi connectivity index (χ0) is 21.7. The lowest BCUT2D eigenvalue weighted by atomic mass is 10.1. The van der Waals surface area contributed by atoms with E-state index in [-0.39, 0.29) is 17.7 Å². The van der Waals surface area contributed by atoms with Gasteiger partial charge in [0.15, 0.2) is 11.5 Å². The molecule has 0 fully saturated rings. The van der Waals surface area contributed by atoms with E-state index < -0.39 is 22.0 Å². The van der Waals surface area contributed by atoms with E-state index in [2.05, 4.69) is 10.0 Å². The van der Waals surface area contributed by atoms with Crippen LogP contribution in [0.3, 0.4) is 0 Å². The predicted octanol–water partition coefficient (Wildman–Crippen LogP) is 3.35. The van der Waals surface area contributed by atoms with E-state index in [1.54, 1.807) is 6.07 Å². The molecule has 1 aliphatic heterocycles. The Morgan fingerprint density at radius 2 is 1.87 bits per heavy atom. The minimum atomic E-state index is -3.88. The summed E-state index contributed by atoms with van der Waals surface area (Å²) in [6.07, 6.45) is 2.26. The molecule has 1 amide bonds. The number of hydrogen-bond donors (Lipinski definition) is 2. The highest BCUT2D eigenvalue weighted by Crippen LogP contribution is 2.34. The third-order valence-electron chi connectivity index (χ3n) is 4.60. The van der Waals surface area contributed by atoms with Crippen molar-refractivity contribution in [2.24, 2.45) is 0 Å². The number of carbonyl (C=O) groups is 1. The second kappa shape index (κ2) is 9.91. The molecule has 0 saturated heterocycles. The number of nitrogens with one attached hydrogen (secondary N) is 2. The van der Waals surface area contributed by atoms with Crippen LogP contribution < -0.4 is 19.5 Å². The van der Waals surface area contributed by atoms with Gasteiger partial charge in [-0.1, -0.05) is 17.7 Å². The van der Waals surface area contributed by atoms with Crippen LogP contribution in [0.1, 0.15) is 24.9 Å². The molecule has 0 aromatic heterocycles. The molecular weight excluding hydrogens is 448 g/mol. The summed E-state index contributed by atoms with van der Waals surface area (Å²) in [5.74, 6) is 1.51. The first-order chi connectivity index (χ1) is 14.3. The zero-order valence-electron chi connectivity index (χ0n) is 16.6. The smallest absolute Gasteiger partial charge is 0.241 e. The first kappa shape index (κ1) is 22.7. The van der Waals surface area contributed by atoms with Crippen LogP contribution in [0.2, 0.25) is 5.02 Å². The fourth-order valence-electron chi connectivity index (χ4n) is 2.93. The van der Waals surface area contributed by atoms with Gasteiger partial charge in [0.1, 0.15) is 6.04 Å². The summed E-state index contributed by atoms with van der Waals surface area (Å²) >= 11 is 7.38. The molecule has 2 atom stereocenters. The van der Waals surface area contributed by atoms with Crippen molar-refractivity contribution in [2.45, 2.75) is 30.3 Å². The number of hydrogen-bond acceptors (Lipinski definition) is 6. The van der Waals surface area contributed by atoms with Crippen LogP contribution in [0, 0.1) is 0 Å². The Morgan fingerprint density at radius 1 is 1.17 bits per heavy atom. The highest BCUT2D eigenvalue weighted by atomic mass is 35.5. The molecule has 2 N–H and O–H groups in total. The number of carbonyl (C=O) groups excluding carboxylic acids is 1. The molecule has 162 valence electrons. The van der Waals surface area contributed by atoms with Crippen molar-refractivity contribution >= 4 is 39.3 Å². The number of thioether (sulfide) groups is 1. The Labute approximate surface area is 185 Å². The number of rotatable bonds is 9. The van der Waals surface area contributed by atoms with Crippen molar-refractivity contribution in [2.75, 3.05) is 18.8 Å². The lowest BCUT2D eigenvalue weighted by Gasteiger charge is -2.21. The molecule has 0 unspecified atom stereocenters. The molecule has 1 heterocycles. The quantitative estimate of drug-likeness (QED) is 0.583. The van der Waals surface area contributed by atoms with Gasteiger partial charge in [0, 0.05) is 5.02 Å². The van der Waals surface area contributed by atoms with E-state index in [0.29, 0.717) is 28.7 Å². The second-order valence-corrected chi connectivity index (χ2v) is 9.89.